The number of carbonyl (C=O) groups excluding carboxylic acids is 2. The highest BCUT2D eigenvalue weighted by atomic mass is 32.2. The third-order valence-electron chi connectivity index (χ3n) is 3.69. The number of thioether (sulfide) groups is 1. The summed E-state index contributed by atoms with van der Waals surface area (Å²) in [4.78, 5) is 34.5. The molecule has 0 spiro atoms. The fourth-order valence-electron chi connectivity index (χ4n) is 2.86. The van der Waals surface area contributed by atoms with Crippen LogP contribution in [0.5, 0.6) is 0 Å². The minimum absolute atomic E-state index is 0. The van der Waals surface area contributed by atoms with Gasteiger partial charge in [0, 0.05) is 9.49 Å². The van der Waals surface area contributed by atoms with E-state index in [1.165, 1.54) is 0 Å². The molecule has 0 saturated carbocycles. The van der Waals surface area contributed by atoms with Gasteiger partial charge in [0.25, 0.3) is 0 Å². The standard InChI is InChI=1S/C14H25N3O4S.H2O/c1-7(16-11(21)8(15)6-9(18)19)10(20)17-12-13(2,3)22-14(12,4)5;/h7-8,12H,6,15H2,1-5H3,(H,16,21)(H,17,20)(H,18,19);1H2/t7-,8?;/m1./s1. The lowest BCUT2D eigenvalue weighted by Crippen LogP contribution is -2.68. The molecule has 1 aliphatic rings. The predicted molar refractivity (Wildman–Crippen MR) is 89.1 cm³/mol. The van der Waals surface area contributed by atoms with Crippen molar-refractivity contribution in [2.75, 3.05) is 0 Å². The first-order valence-electron chi connectivity index (χ1n) is 7.15. The zero-order chi connectivity index (χ0) is 17.3. The Morgan fingerprint density at radius 2 is 1.65 bits per heavy atom. The lowest BCUT2D eigenvalue weighted by atomic mass is 9.89. The van der Waals surface area contributed by atoms with Crippen molar-refractivity contribution in [2.24, 2.45) is 5.73 Å². The summed E-state index contributed by atoms with van der Waals surface area (Å²) in [5.41, 5.74) is 5.46. The second-order valence-corrected chi connectivity index (χ2v) is 8.99. The first kappa shape index (κ1) is 21.7. The largest absolute Gasteiger partial charge is 0.481 e. The van der Waals surface area contributed by atoms with Gasteiger partial charge in [-0.2, -0.15) is 0 Å². The summed E-state index contributed by atoms with van der Waals surface area (Å²) < 4.78 is -0.134. The highest BCUT2D eigenvalue weighted by Gasteiger charge is 2.54. The van der Waals surface area contributed by atoms with Gasteiger partial charge < -0.3 is 26.9 Å². The Balaban J connectivity index is 0.00000484. The van der Waals surface area contributed by atoms with Crippen LogP contribution in [0.3, 0.4) is 0 Å². The average molecular weight is 349 g/mol. The van der Waals surface area contributed by atoms with Crippen molar-refractivity contribution in [3.8, 4) is 0 Å². The molecule has 0 bridgehead atoms. The van der Waals surface area contributed by atoms with Crippen LogP contribution in [0.15, 0.2) is 0 Å². The maximum atomic E-state index is 12.2. The van der Waals surface area contributed by atoms with Gasteiger partial charge in [-0.05, 0) is 34.6 Å². The van der Waals surface area contributed by atoms with Crippen molar-refractivity contribution in [3.63, 3.8) is 0 Å². The van der Waals surface area contributed by atoms with Crippen LogP contribution >= 0.6 is 11.8 Å². The number of hydrogen-bond donors (Lipinski definition) is 4. The second-order valence-electron chi connectivity index (χ2n) is 6.69. The molecule has 0 aliphatic carbocycles. The fraction of sp³-hybridized carbons (Fsp3) is 0.786. The Hall–Kier alpha value is -1.32. The van der Waals surface area contributed by atoms with Crippen LogP contribution < -0.4 is 16.4 Å². The minimum atomic E-state index is -1.17. The van der Waals surface area contributed by atoms with E-state index in [-0.39, 0.29) is 26.9 Å². The van der Waals surface area contributed by atoms with Gasteiger partial charge in [0.05, 0.1) is 18.5 Å². The lowest BCUT2D eigenvalue weighted by molar-refractivity contribution is -0.139. The lowest BCUT2D eigenvalue weighted by Gasteiger charge is -2.57. The summed E-state index contributed by atoms with van der Waals surface area (Å²) in [7, 11) is 0. The van der Waals surface area contributed by atoms with Gasteiger partial charge in [-0.3, -0.25) is 14.4 Å². The number of carbonyl (C=O) groups is 3. The third kappa shape index (κ3) is 5.36. The number of hydrogen-bond acceptors (Lipinski definition) is 5. The molecule has 8 nitrogen and oxygen atoms in total. The molecule has 0 aromatic heterocycles. The smallest absolute Gasteiger partial charge is 0.305 e. The summed E-state index contributed by atoms with van der Waals surface area (Å²) >= 11 is 1.79. The first-order chi connectivity index (χ1) is 9.86. The van der Waals surface area contributed by atoms with E-state index in [4.69, 9.17) is 10.8 Å². The molecule has 1 heterocycles. The van der Waals surface area contributed by atoms with E-state index in [0.29, 0.717) is 0 Å². The summed E-state index contributed by atoms with van der Waals surface area (Å²) in [6.45, 7) is 9.77. The van der Waals surface area contributed by atoms with Gasteiger partial charge >= 0.3 is 5.97 Å². The van der Waals surface area contributed by atoms with Crippen LogP contribution in [0.2, 0.25) is 0 Å². The van der Waals surface area contributed by atoms with Gasteiger partial charge in [0.1, 0.15) is 6.04 Å². The van der Waals surface area contributed by atoms with E-state index in [2.05, 4.69) is 38.3 Å². The molecular formula is C14H27N3O5S. The van der Waals surface area contributed by atoms with Crippen molar-refractivity contribution in [2.45, 2.75) is 68.7 Å². The summed E-state index contributed by atoms with van der Waals surface area (Å²) in [5.74, 6) is -2.11. The zero-order valence-corrected chi connectivity index (χ0v) is 14.9. The van der Waals surface area contributed by atoms with E-state index >= 15 is 0 Å². The monoisotopic (exact) mass is 349 g/mol. The third-order valence-corrected chi connectivity index (χ3v) is 5.21. The number of rotatable bonds is 6. The van der Waals surface area contributed by atoms with Crippen LogP contribution in [0, 0.1) is 0 Å². The van der Waals surface area contributed by atoms with Crippen molar-refractivity contribution >= 4 is 29.5 Å². The molecule has 0 aromatic carbocycles. The number of carboxylic acids is 1. The molecule has 1 unspecified atom stereocenters. The second kappa shape index (κ2) is 7.50. The topological polar surface area (TPSA) is 153 Å². The SMILES string of the molecule is C[C@@H](NC(=O)C(N)CC(=O)O)C(=O)NC1C(C)(C)SC1(C)C.O. The Bertz CT molecular complexity index is 467. The van der Waals surface area contributed by atoms with E-state index in [9.17, 15) is 14.4 Å². The van der Waals surface area contributed by atoms with Crippen molar-refractivity contribution in [3.05, 3.63) is 0 Å². The molecule has 0 aromatic rings. The molecule has 9 heteroatoms. The number of aliphatic carboxylic acids is 1. The number of carboxylic acid groups (broad SMARTS) is 1. The molecule has 1 fully saturated rings. The van der Waals surface area contributed by atoms with Gasteiger partial charge in [-0.1, -0.05) is 0 Å². The molecular weight excluding hydrogens is 322 g/mol. The maximum absolute atomic E-state index is 12.2. The Morgan fingerprint density at radius 1 is 1.17 bits per heavy atom. The van der Waals surface area contributed by atoms with Gasteiger partial charge in [-0.15, -0.1) is 11.8 Å². The quantitative estimate of drug-likeness (QED) is 0.495. The normalized spacial score (nSPS) is 21.1. The van der Waals surface area contributed by atoms with Crippen LogP contribution in [0.4, 0.5) is 0 Å². The molecule has 1 saturated heterocycles. The number of amides is 2. The highest BCUT2D eigenvalue weighted by molar-refractivity contribution is 8.03. The van der Waals surface area contributed by atoms with Crippen LogP contribution in [0.1, 0.15) is 41.0 Å². The summed E-state index contributed by atoms with van der Waals surface area (Å²) in [5, 5.41) is 14.0. The summed E-state index contributed by atoms with van der Waals surface area (Å²) in [6, 6.07) is -1.95. The van der Waals surface area contributed by atoms with E-state index in [1.54, 1.807) is 18.7 Å². The van der Waals surface area contributed by atoms with E-state index in [0.717, 1.165) is 0 Å². The van der Waals surface area contributed by atoms with E-state index in [1.807, 2.05) is 0 Å². The Kier molecular flexibility index (Phi) is 7.07. The molecule has 134 valence electrons. The molecule has 23 heavy (non-hydrogen) atoms. The van der Waals surface area contributed by atoms with Gasteiger partial charge in [0.2, 0.25) is 11.8 Å². The summed E-state index contributed by atoms with van der Waals surface area (Å²) in [6.07, 6.45) is -0.473. The van der Waals surface area contributed by atoms with Crippen molar-refractivity contribution in [1.29, 1.82) is 0 Å². The van der Waals surface area contributed by atoms with Crippen molar-refractivity contribution < 1.29 is 25.0 Å². The Morgan fingerprint density at radius 3 is 2.04 bits per heavy atom. The number of nitrogens with two attached hydrogens (primary N) is 1. The van der Waals surface area contributed by atoms with Gasteiger partial charge in [-0.25, -0.2) is 0 Å². The van der Waals surface area contributed by atoms with Crippen LogP contribution in [-0.2, 0) is 14.4 Å². The molecule has 1 rings (SSSR count). The number of nitrogens with one attached hydrogen (secondary N) is 2. The zero-order valence-electron chi connectivity index (χ0n) is 14.1. The average Bonchev–Trinajstić information content (AvgIpc) is 2.32. The highest BCUT2D eigenvalue weighted by Crippen LogP contribution is 2.54. The van der Waals surface area contributed by atoms with Crippen LogP contribution in [0.25, 0.3) is 0 Å². The van der Waals surface area contributed by atoms with Crippen molar-refractivity contribution in [1.82, 2.24) is 10.6 Å². The molecule has 0 radical (unpaired) electrons. The maximum Gasteiger partial charge on any atom is 0.305 e. The first-order valence-corrected chi connectivity index (χ1v) is 7.97. The molecule has 2 atom stereocenters. The van der Waals surface area contributed by atoms with Crippen LogP contribution in [-0.4, -0.2) is 56.0 Å². The predicted octanol–water partition coefficient (Wildman–Crippen LogP) is -0.743. The molecule has 7 N–H and O–H groups in total. The fourth-order valence-corrected chi connectivity index (χ4v) is 4.97. The van der Waals surface area contributed by atoms with Gasteiger partial charge in [0.15, 0.2) is 0 Å². The molecule has 2 amide bonds. The molecule has 1 aliphatic heterocycles. The van der Waals surface area contributed by atoms with E-state index < -0.39 is 30.4 Å². The Labute approximate surface area is 140 Å². The minimum Gasteiger partial charge on any atom is -0.481 e.